The molecule has 0 fully saturated rings. The molecule has 0 radical (unpaired) electrons. The molecule has 1 N–H and O–H groups in total. The van der Waals surface area contributed by atoms with Gasteiger partial charge in [0, 0.05) is 30.1 Å². The maximum atomic E-state index is 5.79. The van der Waals surface area contributed by atoms with E-state index in [4.69, 9.17) is 9.72 Å². The van der Waals surface area contributed by atoms with Crippen LogP contribution in [0.15, 0.2) is 6.20 Å². The van der Waals surface area contributed by atoms with Crippen LogP contribution in [0.4, 0.5) is 0 Å². The third-order valence-electron chi connectivity index (χ3n) is 3.86. The zero-order valence-corrected chi connectivity index (χ0v) is 13.0. The minimum absolute atomic E-state index is 0.0508. The predicted octanol–water partition coefficient (Wildman–Crippen LogP) is 3.34. The first-order valence-corrected chi connectivity index (χ1v) is 8.00. The molecule has 4 heteroatoms. The number of fused-ring (bicyclic) bond motifs is 1. The summed E-state index contributed by atoms with van der Waals surface area (Å²) in [4.78, 5) is 9.39. The molecular formula is C16H27N3O. The van der Waals surface area contributed by atoms with E-state index in [1.807, 2.05) is 13.1 Å². The number of aromatic nitrogens is 2. The lowest BCUT2D eigenvalue weighted by atomic mass is 9.92. The van der Waals surface area contributed by atoms with Crippen LogP contribution in [0.1, 0.15) is 75.7 Å². The Morgan fingerprint density at radius 1 is 1.40 bits per heavy atom. The molecule has 0 aliphatic heterocycles. The molecule has 0 aromatic carbocycles. The van der Waals surface area contributed by atoms with E-state index in [2.05, 4.69) is 24.1 Å². The Balaban J connectivity index is 2.21. The average Bonchev–Trinajstić information content (AvgIpc) is 2.47. The van der Waals surface area contributed by atoms with E-state index < -0.39 is 0 Å². The molecule has 112 valence electrons. The van der Waals surface area contributed by atoms with Crippen molar-refractivity contribution in [2.45, 2.75) is 65.0 Å². The molecule has 1 aromatic heterocycles. The highest BCUT2D eigenvalue weighted by atomic mass is 16.5. The Morgan fingerprint density at radius 3 is 2.95 bits per heavy atom. The van der Waals surface area contributed by atoms with Gasteiger partial charge in [-0.3, -0.25) is 0 Å². The topological polar surface area (TPSA) is 47.0 Å². The summed E-state index contributed by atoms with van der Waals surface area (Å²) in [5.74, 6) is 0.865. The second kappa shape index (κ2) is 7.70. The number of aryl methyl sites for hydroxylation is 1. The van der Waals surface area contributed by atoms with E-state index in [-0.39, 0.29) is 6.10 Å². The monoisotopic (exact) mass is 277 g/mol. The van der Waals surface area contributed by atoms with Gasteiger partial charge < -0.3 is 10.1 Å². The summed E-state index contributed by atoms with van der Waals surface area (Å²) >= 11 is 0. The van der Waals surface area contributed by atoms with Gasteiger partial charge in [-0.1, -0.05) is 20.3 Å². The molecule has 0 amide bonds. The fraction of sp³-hybridized carbons (Fsp3) is 0.750. The number of ether oxygens (including phenoxy) is 1. The van der Waals surface area contributed by atoms with Crippen molar-refractivity contribution in [1.82, 2.24) is 15.3 Å². The molecule has 0 bridgehead atoms. The molecule has 1 heterocycles. The van der Waals surface area contributed by atoms with Crippen molar-refractivity contribution in [2.75, 3.05) is 13.2 Å². The van der Waals surface area contributed by atoms with Gasteiger partial charge in [0.2, 0.25) is 0 Å². The van der Waals surface area contributed by atoms with Crippen molar-refractivity contribution >= 4 is 0 Å². The van der Waals surface area contributed by atoms with Crippen LogP contribution in [0.3, 0.4) is 0 Å². The van der Waals surface area contributed by atoms with Gasteiger partial charge in [-0.15, -0.1) is 0 Å². The van der Waals surface area contributed by atoms with E-state index >= 15 is 0 Å². The normalized spacial score (nSPS) is 19.6. The van der Waals surface area contributed by atoms with Gasteiger partial charge in [0.15, 0.2) is 5.82 Å². The van der Waals surface area contributed by atoms with Crippen molar-refractivity contribution in [1.29, 1.82) is 0 Å². The zero-order chi connectivity index (χ0) is 14.4. The van der Waals surface area contributed by atoms with E-state index in [0.717, 1.165) is 31.6 Å². The second-order valence-electron chi connectivity index (χ2n) is 5.37. The lowest BCUT2D eigenvalue weighted by Gasteiger charge is -2.26. The maximum absolute atomic E-state index is 5.79. The fourth-order valence-corrected chi connectivity index (χ4v) is 2.93. The summed E-state index contributed by atoms with van der Waals surface area (Å²) in [6, 6.07) is 0.425. The fourth-order valence-electron chi connectivity index (χ4n) is 2.93. The Labute approximate surface area is 122 Å². The highest BCUT2D eigenvalue weighted by Gasteiger charge is 2.23. The van der Waals surface area contributed by atoms with Crippen LogP contribution in [0.2, 0.25) is 0 Å². The lowest BCUT2D eigenvalue weighted by Crippen LogP contribution is -2.26. The Kier molecular flexibility index (Phi) is 5.92. The van der Waals surface area contributed by atoms with Gasteiger partial charge in [0.05, 0.1) is 0 Å². The summed E-state index contributed by atoms with van der Waals surface area (Å²) in [5.41, 5.74) is 2.50. The van der Waals surface area contributed by atoms with Gasteiger partial charge in [0.1, 0.15) is 6.10 Å². The molecule has 0 saturated heterocycles. The van der Waals surface area contributed by atoms with Gasteiger partial charge in [-0.05, 0) is 39.2 Å². The molecule has 2 atom stereocenters. The van der Waals surface area contributed by atoms with Crippen molar-refractivity contribution < 1.29 is 4.74 Å². The molecule has 1 aromatic rings. The highest BCUT2D eigenvalue weighted by Crippen LogP contribution is 2.29. The van der Waals surface area contributed by atoms with Crippen LogP contribution in [-0.4, -0.2) is 23.1 Å². The smallest absolute Gasteiger partial charge is 0.157 e. The third-order valence-corrected chi connectivity index (χ3v) is 3.86. The number of rotatable bonds is 7. The summed E-state index contributed by atoms with van der Waals surface area (Å²) in [5, 5.41) is 3.53. The van der Waals surface area contributed by atoms with Crippen LogP contribution in [-0.2, 0) is 11.2 Å². The standard InChI is InChI=1S/C16H27N3O/c1-4-8-15(20-6-3)16-18-11-12-13(17-5-2)9-7-10-14(12)19-16/h11,13,15,17H,4-10H2,1-3H3. The molecule has 4 nitrogen and oxygen atoms in total. The highest BCUT2D eigenvalue weighted by molar-refractivity contribution is 5.25. The van der Waals surface area contributed by atoms with E-state index in [9.17, 15) is 0 Å². The van der Waals surface area contributed by atoms with Gasteiger partial charge >= 0.3 is 0 Å². The van der Waals surface area contributed by atoms with Gasteiger partial charge in [-0.25, -0.2) is 9.97 Å². The summed E-state index contributed by atoms with van der Waals surface area (Å²) < 4.78 is 5.79. The third kappa shape index (κ3) is 3.55. The first-order valence-electron chi connectivity index (χ1n) is 8.00. The molecule has 1 aliphatic carbocycles. The molecule has 0 saturated carbocycles. The summed E-state index contributed by atoms with van der Waals surface area (Å²) in [7, 11) is 0. The van der Waals surface area contributed by atoms with Crippen molar-refractivity contribution in [3.63, 3.8) is 0 Å². The first kappa shape index (κ1) is 15.4. The van der Waals surface area contributed by atoms with E-state index in [0.29, 0.717) is 12.6 Å². The Hall–Kier alpha value is -1.00. The van der Waals surface area contributed by atoms with Crippen molar-refractivity contribution in [3.8, 4) is 0 Å². The molecule has 1 aliphatic rings. The zero-order valence-electron chi connectivity index (χ0n) is 13.0. The maximum Gasteiger partial charge on any atom is 0.157 e. The second-order valence-corrected chi connectivity index (χ2v) is 5.37. The summed E-state index contributed by atoms with van der Waals surface area (Å²) in [6.07, 6.45) is 7.61. The molecular weight excluding hydrogens is 250 g/mol. The minimum atomic E-state index is 0.0508. The van der Waals surface area contributed by atoms with Crippen molar-refractivity contribution in [3.05, 3.63) is 23.3 Å². The Morgan fingerprint density at radius 2 is 2.25 bits per heavy atom. The molecule has 2 rings (SSSR count). The number of hydrogen-bond donors (Lipinski definition) is 1. The number of nitrogens with one attached hydrogen (secondary N) is 1. The SMILES string of the molecule is CCCC(OCC)c1ncc2c(n1)CCCC2NCC. The number of hydrogen-bond acceptors (Lipinski definition) is 4. The van der Waals surface area contributed by atoms with Crippen LogP contribution in [0.25, 0.3) is 0 Å². The van der Waals surface area contributed by atoms with Gasteiger partial charge in [0.25, 0.3) is 0 Å². The van der Waals surface area contributed by atoms with Gasteiger partial charge in [-0.2, -0.15) is 0 Å². The van der Waals surface area contributed by atoms with Crippen LogP contribution in [0.5, 0.6) is 0 Å². The molecule has 0 spiro atoms. The average molecular weight is 277 g/mol. The molecule has 2 unspecified atom stereocenters. The van der Waals surface area contributed by atoms with E-state index in [1.165, 1.54) is 24.1 Å². The van der Waals surface area contributed by atoms with Crippen LogP contribution >= 0.6 is 0 Å². The Bertz CT molecular complexity index is 416. The van der Waals surface area contributed by atoms with Crippen LogP contribution < -0.4 is 5.32 Å². The predicted molar refractivity (Wildman–Crippen MR) is 80.7 cm³/mol. The number of nitrogens with zero attached hydrogens (tertiary/aromatic N) is 2. The first-order chi connectivity index (χ1) is 9.80. The van der Waals surface area contributed by atoms with Crippen molar-refractivity contribution in [2.24, 2.45) is 0 Å². The van der Waals surface area contributed by atoms with Crippen LogP contribution in [0, 0.1) is 0 Å². The van der Waals surface area contributed by atoms with E-state index in [1.54, 1.807) is 0 Å². The largest absolute Gasteiger partial charge is 0.371 e. The lowest BCUT2D eigenvalue weighted by molar-refractivity contribution is 0.0491. The molecule has 20 heavy (non-hydrogen) atoms. The summed E-state index contributed by atoms with van der Waals surface area (Å²) in [6.45, 7) is 8.05. The minimum Gasteiger partial charge on any atom is -0.371 e. The quantitative estimate of drug-likeness (QED) is 0.830.